The van der Waals surface area contributed by atoms with Gasteiger partial charge >= 0.3 is 0 Å². The Morgan fingerprint density at radius 2 is 1.62 bits per heavy atom. The highest BCUT2D eigenvalue weighted by atomic mass is 16.4. The van der Waals surface area contributed by atoms with Gasteiger partial charge in [0.1, 0.15) is 24.4 Å². The van der Waals surface area contributed by atoms with E-state index in [1.807, 2.05) is 0 Å². The number of carboxylic acids is 1. The standard InChI is InChI=1S/C6H10O7/c7-1-2(8)3(9)4(10)5(11)6(12)13/h1-5,8-11H,(H,12,13)/p-1/t2-,3-,4+,5-/m1/s1. The number of aliphatic hydroxyl groups excluding tert-OH is 4. The molecule has 0 heterocycles. The van der Waals surface area contributed by atoms with Crippen LogP contribution >= 0.6 is 0 Å². The van der Waals surface area contributed by atoms with Crippen LogP contribution in [0.3, 0.4) is 0 Å². The molecule has 4 atom stereocenters. The van der Waals surface area contributed by atoms with Crippen molar-refractivity contribution in [2.24, 2.45) is 0 Å². The molecule has 13 heavy (non-hydrogen) atoms. The van der Waals surface area contributed by atoms with Crippen molar-refractivity contribution >= 4 is 12.3 Å². The monoisotopic (exact) mass is 193 g/mol. The van der Waals surface area contributed by atoms with E-state index in [1.165, 1.54) is 0 Å². The van der Waals surface area contributed by atoms with Crippen molar-refractivity contribution < 1.29 is 35.1 Å². The van der Waals surface area contributed by atoms with Gasteiger partial charge in [0.15, 0.2) is 6.29 Å². The Morgan fingerprint density at radius 1 is 1.15 bits per heavy atom. The van der Waals surface area contributed by atoms with E-state index >= 15 is 0 Å². The first kappa shape index (κ1) is 12.0. The topological polar surface area (TPSA) is 138 Å². The minimum atomic E-state index is -2.36. The summed E-state index contributed by atoms with van der Waals surface area (Å²) in [6.07, 6.45) is -8.65. The maximum Gasteiger partial charge on any atom is 0.151 e. The van der Waals surface area contributed by atoms with Crippen molar-refractivity contribution in [1.29, 1.82) is 0 Å². The van der Waals surface area contributed by atoms with Crippen molar-refractivity contribution in [3.05, 3.63) is 0 Å². The molecule has 0 rings (SSSR count). The van der Waals surface area contributed by atoms with Crippen molar-refractivity contribution in [2.75, 3.05) is 0 Å². The van der Waals surface area contributed by atoms with Gasteiger partial charge in [0.05, 0.1) is 5.97 Å². The Balaban J connectivity index is 4.32. The molecule has 0 aromatic carbocycles. The van der Waals surface area contributed by atoms with Crippen molar-refractivity contribution in [3.8, 4) is 0 Å². The molecule has 0 radical (unpaired) electrons. The molecule has 0 aromatic heterocycles. The predicted molar refractivity (Wildman–Crippen MR) is 35.1 cm³/mol. The van der Waals surface area contributed by atoms with Crippen molar-refractivity contribution in [2.45, 2.75) is 24.4 Å². The van der Waals surface area contributed by atoms with E-state index in [9.17, 15) is 14.7 Å². The van der Waals surface area contributed by atoms with Crippen LogP contribution in [0.4, 0.5) is 0 Å². The fraction of sp³-hybridized carbons (Fsp3) is 0.667. The van der Waals surface area contributed by atoms with E-state index in [4.69, 9.17) is 20.4 Å². The van der Waals surface area contributed by atoms with Gasteiger partial charge in [-0.25, -0.2) is 0 Å². The molecule has 7 heteroatoms. The van der Waals surface area contributed by atoms with Crippen LogP contribution in [0.15, 0.2) is 0 Å². The average Bonchev–Trinajstić information content (AvgIpc) is 2.12. The van der Waals surface area contributed by atoms with E-state index in [0.717, 1.165) is 0 Å². The van der Waals surface area contributed by atoms with Gasteiger partial charge in [-0.15, -0.1) is 0 Å². The van der Waals surface area contributed by atoms with Crippen molar-refractivity contribution in [3.63, 3.8) is 0 Å². The Labute approximate surface area is 72.9 Å². The smallest absolute Gasteiger partial charge is 0.151 e. The molecule has 4 N–H and O–H groups in total. The van der Waals surface area contributed by atoms with Crippen LogP contribution < -0.4 is 5.11 Å². The minimum absolute atomic E-state index is 0.101. The van der Waals surface area contributed by atoms with Crippen LogP contribution in [-0.4, -0.2) is 57.1 Å². The van der Waals surface area contributed by atoms with E-state index in [0.29, 0.717) is 0 Å². The fourth-order valence-corrected chi connectivity index (χ4v) is 0.609. The first-order valence-corrected chi connectivity index (χ1v) is 3.30. The molecule has 0 aliphatic heterocycles. The second kappa shape index (κ2) is 4.87. The number of aliphatic carboxylic acids is 1. The first-order valence-electron chi connectivity index (χ1n) is 3.30. The molecule has 0 aliphatic carbocycles. The summed E-state index contributed by atoms with van der Waals surface area (Å²) in [7, 11) is 0. The summed E-state index contributed by atoms with van der Waals surface area (Å²) in [4.78, 5) is 19.8. The number of carboxylic acid groups (broad SMARTS) is 1. The Hall–Kier alpha value is -1.02. The lowest BCUT2D eigenvalue weighted by molar-refractivity contribution is -0.320. The van der Waals surface area contributed by atoms with Crippen LogP contribution in [0.25, 0.3) is 0 Å². The molecule has 0 saturated heterocycles. The highest BCUT2D eigenvalue weighted by Gasteiger charge is 2.30. The minimum Gasteiger partial charge on any atom is -0.547 e. The number of hydrogen-bond acceptors (Lipinski definition) is 7. The van der Waals surface area contributed by atoms with Gasteiger partial charge in [-0.3, -0.25) is 0 Å². The van der Waals surface area contributed by atoms with E-state index in [2.05, 4.69) is 0 Å². The number of hydrogen-bond donors (Lipinski definition) is 4. The van der Waals surface area contributed by atoms with Crippen LogP contribution in [0.1, 0.15) is 0 Å². The second-order valence-electron chi connectivity index (χ2n) is 2.37. The van der Waals surface area contributed by atoms with Gasteiger partial charge in [-0.1, -0.05) is 0 Å². The molecule has 76 valence electrons. The predicted octanol–water partition coefficient (Wildman–Crippen LogP) is -4.62. The van der Waals surface area contributed by atoms with Crippen LogP contribution in [0, 0.1) is 0 Å². The molecule has 0 saturated carbocycles. The maximum absolute atomic E-state index is 9.95. The second-order valence-corrected chi connectivity index (χ2v) is 2.37. The molecule has 0 fully saturated rings. The molecule has 0 aromatic rings. The highest BCUT2D eigenvalue weighted by molar-refractivity contribution is 5.70. The molecule has 0 spiro atoms. The van der Waals surface area contributed by atoms with E-state index in [-0.39, 0.29) is 6.29 Å². The summed E-state index contributed by atoms with van der Waals surface area (Å²) >= 11 is 0. The third-order valence-corrected chi connectivity index (χ3v) is 1.40. The highest BCUT2D eigenvalue weighted by Crippen LogP contribution is 2.03. The van der Waals surface area contributed by atoms with E-state index in [1.54, 1.807) is 0 Å². The lowest BCUT2D eigenvalue weighted by Crippen LogP contribution is -2.52. The number of rotatable bonds is 5. The zero-order valence-corrected chi connectivity index (χ0v) is 6.40. The molecule has 0 unspecified atom stereocenters. The summed E-state index contributed by atoms with van der Waals surface area (Å²) in [6, 6.07) is 0. The molecular formula is C6H9O7-. The number of carbonyl (C=O) groups excluding carboxylic acids is 2. The Morgan fingerprint density at radius 3 is 1.92 bits per heavy atom. The third kappa shape index (κ3) is 3.07. The van der Waals surface area contributed by atoms with Crippen LogP contribution in [0.2, 0.25) is 0 Å². The summed E-state index contributed by atoms with van der Waals surface area (Å²) in [5.74, 6) is -2.01. The van der Waals surface area contributed by atoms with Gasteiger partial charge in [0.25, 0.3) is 0 Å². The van der Waals surface area contributed by atoms with Gasteiger partial charge in [0, 0.05) is 0 Å². The summed E-state index contributed by atoms with van der Waals surface area (Å²) < 4.78 is 0. The first-order chi connectivity index (χ1) is 5.91. The van der Waals surface area contributed by atoms with Crippen molar-refractivity contribution in [1.82, 2.24) is 0 Å². The lowest BCUT2D eigenvalue weighted by Gasteiger charge is -2.24. The van der Waals surface area contributed by atoms with Gasteiger partial charge in [-0.2, -0.15) is 0 Å². The maximum atomic E-state index is 9.95. The largest absolute Gasteiger partial charge is 0.547 e. The molecule has 0 bridgehead atoms. The number of aldehydes is 1. The van der Waals surface area contributed by atoms with Gasteiger partial charge < -0.3 is 35.1 Å². The molecular weight excluding hydrogens is 184 g/mol. The summed E-state index contributed by atoms with van der Waals surface area (Å²) in [6.45, 7) is 0. The molecule has 0 aliphatic rings. The third-order valence-electron chi connectivity index (χ3n) is 1.40. The van der Waals surface area contributed by atoms with Crippen LogP contribution in [-0.2, 0) is 9.59 Å². The fourth-order valence-electron chi connectivity index (χ4n) is 0.609. The Bertz CT molecular complexity index is 191. The zero-order chi connectivity index (χ0) is 10.6. The van der Waals surface area contributed by atoms with Crippen LogP contribution in [0.5, 0.6) is 0 Å². The summed E-state index contributed by atoms with van der Waals surface area (Å²) in [5.41, 5.74) is 0. The molecule has 7 nitrogen and oxygen atoms in total. The lowest BCUT2D eigenvalue weighted by atomic mass is 10.0. The summed E-state index contributed by atoms with van der Waals surface area (Å²) in [5, 5.41) is 44.8. The normalized spacial score (nSPS) is 20.0. The quantitative estimate of drug-likeness (QED) is 0.322. The SMILES string of the molecule is O=C[C@@H](O)[C@@H](O)[C@H](O)[C@@H](O)C(=O)[O-]. The van der Waals surface area contributed by atoms with Gasteiger partial charge in [0.2, 0.25) is 0 Å². The number of aliphatic hydroxyl groups is 4. The van der Waals surface area contributed by atoms with E-state index < -0.39 is 30.4 Å². The average molecular weight is 193 g/mol. The Kier molecular flexibility index (Phi) is 4.49. The zero-order valence-electron chi connectivity index (χ0n) is 6.40. The number of carbonyl (C=O) groups is 2. The molecule has 0 amide bonds. The van der Waals surface area contributed by atoms with Gasteiger partial charge in [-0.05, 0) is 0 Å².